The second kappa shape index (κ2) is 4.17. The van der Waals surface area contributed by atoms with Crippen LogP contribution in [0.2, 0.25) is 0 Å². The Morgan fingerprint density at radius 2 is 2.14 bits per heavy atom. The Morgan fingerprint density at radius 3 is 2.79 bits per heavy atom. The zero-order chi connectivity index (χ0) is 10.0. The zero-order valence-corrected chi connectivity index (χ0v) is 9.21. The third kappa shape index (κ3) is 1.95. The third-order valence-corrected chi connectivity index (χ3v) is 3.30. The summed E-state index contributed by atoms with van der Waals surface area (Å²) in [5.41, 5.74) is 0.127. The van der Waals surface area contributed by atoms with Gasteiger partial charge in [-0.3, -0.25) is 0 Å². The molecule has 0 aromatic carbocycles. The topological polar surface area (TPSA) is 30.5 Å². The first kappa shape index (κ1) is 10.4. The quantitative estimate of drug-likeness (QED) is 0.720. The predicted octanol–water partition coefficient (Wildman–Crippen LogP) is 1.04. The summed E-state index contributed by atoms with van der Waals surface area (Å²) in [7, 11) is 0. The van der Waals surface area contributed by atoms with Crippen LogP contribution in [0.15, 0.2) is 0 Å². The molecule has 0 amide bonds. The summed E-state index contributed by atoms with van der Waals surface area (Å²) in [6.45, 7) is 8.91. The van der Waals surface area contributed by atoms with Crippen molar-refractivity contribution in [3.05, 3.63) is 0 Å². The van der Waals surface area contributed by atoms with Gasteiger partial charge in [-0.05, 0) is 12.3 Å². The van der Waals surface area contributed by atoms with Gasteiger partial charge in [0, 0.05) is 12.5 Å². The van der Waals surface area contributed by atoms with E-state index in [9.17, 15) is 0 Å². The van der Waals surface area contributed by atoms with Gasteiger partial charge in [-0.2, -0.15) is 0 Å². The average molecular weight is 199 g/mol. The predicted molar refractivity (Wildman–Crippen MR) is 55.3 cm³/mol. The van der Waals surface area contributed by atoms with Crippen LogP contribution in [-0.4, -0.2) is 38.5 Å². The number of rotatable bonds is 2. The molecule has 2 rings (SSSR count). The van der Waals surface area contributed by atoms with E-state index in [0.29, 0.717) is 5.92 Å². The van der Waals surface area contributed by atoms with Crippen molar-refractivity contribution in [3.8, 4) is 0 Å². The molecule has 82 valence electrons. The minimum atomic E-state index is 0.127. The molecule has 2 saturated heterocycles. The Kier molecular flexibility index (Phi) is 3.10. The normalized spacial score (nSPS) is 38.4. The van der Waals surface area contributed by atoms with Crippen molar-refractivity contribution in [2.45, 2.75) is 25.8 Å². The van der Waals surface area contributed by atoms with Crippen LogP contribution in [0.1, 0.15) is 20.3 Å². The van der Waals surface area contributed by atoms with E-state index in [1.54, 1.807) is 0 Å². The largest absolute Gasteiger partial charge is 0.379 e. The molecule has 2 fully saturated rings. The maximum absolute atomic E-state index is 5.61. The fourth-order valence-corrected chi connectivity index (χ4v) is 2.56. The lowest BCUT2D eigenvalue weighted by atomic mass is 9.81. The van der Waals surface area contributed by atoms with Crippen LogP contribution in [0, 0.1) is 11.8 Å². The number of nitrogens with one attached hydrogen (secondary N) is 1. The molecule has 0 aromatic rings. The molecule has 2 atom stereocenters. The number of hydrogen-bond donors (Lipinski definition) is 1. The van der Waals surface area contributed by atoms with Gasteiger partial charge in [0.25, 0.3) is 0 Å². The van der Waals surface area contributed by atoms with Crippen molar-refractivity contribution >= 4 is 0 Å². The van der Waals surface area contributed by atoms with Crippen LogP contribution in [-0.2, 0) is 9.47 Å². The van der Waals surface area contributed by atoms with Crippen LogP contribution in [0.3, 0.4) is 0 Å². The van der Waals surface area contributed by atoms with Crippen LogP contribution < -0.4 is 5.32 Å². The molecule has 0 saturated carbocycles. The summed E-state index contributed by atoms with van der Waals surface area (Å²) in [5, 5.41) is 3.60. The number of hydrogen-bond acceptors (Lipinski definition) is 3. The summed E-state index contributed by atoms with van der Waals surface area (Å²) >= 11 is 0. The van der Waals surface area contributed by atoms with Crippen LogP contribution >= 0.6 is 0 Å². The van der Waals surface area contributed by atoms with Gasteiger partial charge in [-0.25, -0.2) is 0 Å². The van der Waals surface area contributed by atoms with Gasteiger partial charge in [-0.15, -0.1) is 0 Å². The van der Waals surface area contributed by atoms with Crippen molar-refractivity contribution in [2.24, 2.45) is 11.8 Å². The Morgan fingerprint density at radius 1 is 1.36 bits per heavy atom. The van der Waals surface area contributed by atoms with Crippen LogP contribution in [0.4, 0.5) is 0 Å². The summed E-state index contributed by atoms with van der Waals surface area (Å²) in [5.74, 6) is 1.37. The lowest BCUT2D eigenvalue weighted by molar-refractivity contribution is 0.00533. The Bertz CT molecular complexity index is 188. The Balaban J connectivity index is 2.00. The highest BCUT2D eigenvalue weighted by molar-refractivity contribution is 5.00. The molecule has 2 aliphatic rings. The fraction of sp³-hybridized carbons (Fsp3) is 1.00. The van der Waals surface area contributed by atoms with E-state index in [1.165, 1.54) is 6.42 Å². The minimum absolute atomic E-state index is 0.127. The van der Waals surface area contributed by atoms with E-state index in [1.807, 2.05) is 0 Å². The molecule has 14 heavy (non-hydrogen) atoms. The summed E-state index contributed by atoms with van der Waals surface area (Å²) in [4.78, 5) is 0. The van der Waals surface area contributed by atoms with E-state index < -0.39 is 0 Å². The van der Waals surface area contributed by atoms with Gasteiger partial charge in [0.1, 0.15) is 0 Å². The maximum atomic E-state index is 5.61. The van der Waals surface area contributed by atoms with Gasteiger partial charge in [0.05, 0.1) is 32.0 Å². The highest BCUT2D eigenvalue weighted by Gasteiger charge is 2.45. The fourth-order valence-electron chi connectivity index (χ4n) is 2.56. The van der Waals surface area contributed by atoms with Crippen molar-refractivity contribution in [1.29, 1.82) is 0 Å². The van der Waals surface area contributed by atoms with E-state index in [2.05, 4.69) is 19.2 Å². The van der Waals surface area contributed by atoms with Crippen LogP contribution in [0.5, 0.6) is 0 Å². The summed E-state index contributed by atoms with van der Waals surface area (Å²) < 4.78 is 11.2. The molecular formula is C11H21NO2. The van der Waals surface area contributed by atoms with E-state index in [4.69, 9.17) is 9.47 Å². The molecule has 0 aromatic heterocycles. The molecule has 1 spiro atoms. The second-order valence-corrected chi connectivity index (χ2v) is 4.98. The number of morpholine rings is 1. The molecular weight excluding hydrogens is 178 g/mol. The maximum Gasteiger partial charge on any atom is 0.0705 e. The van der Waals surface area contributed by atoms with Crippen molar-refractivity contribution < 1.29 is 9.47 Å². The molecule has 0 radical (unpaired) electrons. The third-order valence-electron chi connectivity index (χ3n) is 3.30. The lowest BCUT2D eigenvalue weighted by Crippen LogP contribution is -2.59. The van der Waals surface area contributed by atoms with Gasteiger partial charge in [0.2, 0.25) is 0 Å². The van der Waals surface area contributed by atoms with Gasteiger partial charge < -0.3 is 14.8 Å². The second-order valence-electron chi connectivity index (χ2n) is 4.98. The smallest absolute Gasteiger partial charge is 0.0705 e. The molecule has 3 heteroatoms. The molecule has 2 aliphatic heterocycles. The van der Waals surface area contributed by atoms with Gasteiger partial charge in [0.15, 0.2) is 0 Å². The van der Waals surface area contributed by atoms with E-state index in [-0.39, 0.29) is 5.54 Å². The summed E-state index contributed by atoms with van der Waals surface area (Å²) in [6, 6.07) is 0. The lowest BCUT2D eigenvalue weighted by Gasteiger charge is -2.38. The van der Waals surface area contributed by atoms with Crippen molar-refractivity contribution in [3.63, 3.8) is 0 Å². The molecule has 3 nitrogen and oxygen atoms in total. The first-order valence-corrected chi connectivity index (χ1v) is 5.63. The average Bonchev–Trinajstić information content (AvgIpc) is 2.50. The Hall–Kier alpha value is -0.120. The van der Waals surface area contributed by atoms with E-state index >= 15 is 0 Å². The number of ether oxygens (including phenoxy) is 2. The molecule has 2 heterocycles. The summed E-state index contributed by atoms with van der Waals surface area (Å²) in [6.07, 6.45) is 1.23. The first-order chi connectivity index (χ1) is 6.73. The molecule has 2 unspecified atom stereocenters. The molecule has 1 N–H and O–H groups in total. The first-order valence-electron chi connectivity index (χ1n) is 5.63. The standard InChI is InChI=1S/C11H21NO2/c1-9(2)5-10-6-14-8-11(10)7-13-4-3-12-11/h9-10,12H,3-8H2,1-2H3. The SMILES string of the molecule is CC(C)CC1COCC12COCCN2. The highest BCUT2D eigenvalue weighted by atomic mass is 16.5. The van der Waals surface area contributed by atoms with Crippen molar-refractivity contribution in [2.75, 3.05) is 33.0 Å². The highest BCUT2D eigenvalue weighted by Crippen LogP contribution is 2.32. The van der Waals surface area contributed by atoms with Gasteiger partial charge >= 0.3 is 0 Å². The molecule has 0 aliphatic carbocycles. The van der Waals surface area contributed by atoms with E-state index in [0.717, 1.165) is 38.9 Å². The van der Waals surface area contributed by atoms with Gasteiger partial charge in [-0.1, -0.05) is 13.8 Å². The monoisotopic (exact) mass is 199 g/mol. The van der Waals surface area contributed by atoms with Crippen LogP contribution in [0.25, 0.3) is 0 Å². The van der Waals surface area contributed by atoms with Crippen molar-refractivity contribution in [1.82, 2.24) is 5.32 Å². The Labute approximate surface area is 86.2 Å². The minimum Gasteiger partial charge on any atom is -0.379 e. The molecule has 0 bridgehead atoms. The zero-order valence-electron chi connectivity index (χ0n) is 9.21.